The molecule has 7 heteroatoms. The summed E-state index contributed by atoms with van der Waals surface area (Å²) in [5.74, 6) is 1.05. The molecule has 156 valence electrons. The number of benzene rings is 2. The molecule has 0 aliphatic rings. The summed E-state index contributed by atoms with van der Waals surface area (Å²) in [5.41, 5.74) is 2.91. The van der Waals surface area contributed by atoms with Crippen LogP contribution in [0.15, 0.2) is 42.5 Å². The molecule has 29 heavy (non-hydrogen) atoms. The second-order valence-electron chi connectivity index (χ2n) is 6.88. The summed E-state index contributed by atoms with van der Waals surface area (Å²) in [6.07, 6.45) is 0.670. The van der Waals surface area contributed by atoms with E-state index in [1.807, 2.05) is 49.4 Å². The third-order valence-corrected chi connectivity index (χ3v) is 4.35. The van der Waals surface area contributed by atoms with Crippen LogP contribution in [0.3, 0.4) is 0 Å². The molecule has 0 saturated heterocycles. The fourth-order valence-corrected chi connectivity index (χ4v) is 2.82. The normalized spacial score (nSPS) is 10.5. The lowest BCUT2D eigenvalue weighted by Crippen LogP contribution is -2.39. The molecule has 2 rings (SSSR count). The van der Waals surface area contributed by atoms with Crippen molar-refractivity contribution in [3.8, 4) is 11.5 Å². The zero-order chi connectivity index (χ0) is 21.2. The first kappa shape index (κ1) is 22.2. The van der Waals surface area contributed by atoms with Crippen LogP contribution in [0, 0.1) is 6.92 Å². The highest BCUT2D eigenvalue weighted by molar-refractivity contribution is 5.92. The minimum Gasteiger partial charge on any atom is -0.493 e. The summed E-state index contributed by atoms with van der Waals surface area (Å²) in [4.78, 5) is 25.9. The molecule has 0 radical (unpaired) electrons. The summed E-state index contributed by atoms with van der Waals surface area (Å²) >= 11 is 0. The van der Waals surface area contributed by atoms with Gasteiger partial charge in [-0.3, -0.25) is 14.5 Å². The highest BCUT2D eigenvalue weighted by Crippen LogP contribution is 2.27. The van der Waals surface area contributed by atoms with Gasteiger partial charge in [0.25, 0.3) is 0 Å². The predicted molar refractivity (Wildman–Crippen MR) is 114 cm³/mol. The number of nitrogens with zero attached hydrogens (tertiary/aromatic N) is 1. The first-order chi connectivity index (χ1) is 13.9. The summed E-state index contributed by atoms with van der Waals surface area (Å²) < 4.78 is 10.5. The molecule has 0 heterocycles. The number of likely N-dealkylation sites (N-methyl/N-ethyl adjacent to an activating group) is 1. The third kappa shape index (κ3) is 7.46. The third-order valence-electron chi connectivity index (χ3n) is 4.35. The monoisotopic (exact) mass is 399 g/mol. The van der Waals surface area contributed by atoms with Gasteiger partial charge in [0.05, 0.1) is 27.3 Å². The van der Waals surface area contributed by atoms with Crippen LogP contribution >= 0.6 is 0 Å². The van der Waals surface area contributed by atoms with Gasteiger partial charge in [-0.2, -0.15) is 0 Å². The molecule has 0 aliphatic carbocycles. The number of nitrogens with one attached hydrogen (secondary N) is 2. The standard InChI is InChI=1S/C22H29N3O4/c1-16-5-8-18(9-6-16)24-22(27)15-25(2)14-21(26)23-12-11-17-7-10-19(28-3)20(13-17)29-4/h5-10,13H,11-12,14-15H2,1-4H3,(H,23,26)(H,24,27). The Morgan fingerprint density at radius 1 is 0.931 bits per heavy atom. The second kappa shape index (κ2) is 11.1. The number of ether oxygens (including phenoxy) is 2. The molecule has 2 amide bonds. The van der Waals surface area contributed by atoms with E-state index in [9.17, 15) is 9.59 Å². The van der Waals surface area contributed by atoms with Gasteiger partial charge in [0.2, 0.25) is 11.8 Å². The molecule has 0 saturated carbocycles. The quantitative estimate of drug-likeness (QED) is 0.641. The number of carbonyl (C=O) groups excluding carboxylic acids is 2. The number of rotatable bonds is 10. The van der Waals surface area contributed by atoms with E-state index in [1.165, 1.54) is 0 Å². The molecule has 0 bridgehead atoms. The highest BCUT2D eigenvalue weighted by Gasteiger charge is 2.11. The van der Waals surface area contributed by atoms with E-state index < -0.39 is 0 Å². The van der Waals surface area contributed by atoms with Crippen LogP contribution in [0.4, 0.5) is 5.69 Å². The van der Waals surface area contributed by atoms with Gasteiger partial charge in [-0.25, -0.2) is 0 Å². The predicted octanol–water partition coefficient (Wildman–Crippen LogP) is 2.24. The number of aryl methyl sites for hydroxylation is 1. The molecule has 0 atom stereocenters. The van der Waals surface area contributed by atoms with Gasteiger partial charge >= 0.3 is 0 Å². The fraction of sp³-hybridized carbons (Fsp3) is 0.364. The number of anilines is 1. The first-order valence-corrected chi connectivity index (χ1v) is 9.44. The van der Waals surface area contributed by atoms with Crippen LogP contribution < -0.4 is 20.1 Å². The lowest BCUT2D eigenvalue weighted by atomic mass is 10.1. The van der Waals surface area contributed by atoms with Gasteiger partial charge in [0.15, 0.2) is 11.5 Å². The number of hydrogen-bond donors (Lipinski definition) is 2. The Balaban J connectivity index is 1.71. The Morgan fingerprint density at radius 2 is 1.59 bits per heavy atom. The Kier molecular flexibility index (Phi) is 8.48. The smallest absolute Gasteiger partial charge is 0.238 e. The zero-order valence-corrected chi connectivity index (χ0v) is 17.5. The largest absolute Gasteiger partial charge is 0.493 e. The Morgan fingerprint density at radius 3 is 2.24 bits per heavy atom. The van der Waals surface area contributed by atoms with Crippen LogP contribution in [-0.2, 0) is 16.0 Å². The maximum atomic E-state index is 12.1. The first-order valence-electron chi connectivity index (χ1n) is 9.44. The van der Waals surface area contributed by atoms with Crippen molar-refractivity contribution in [1.29, 1.82) is 0 Å². The van der Waals surface area contributed by atoms with Crippen molar-refractivity contribution in [2.75, 3.05) is 46.2 Å². The van der Waals surface area contributed by atoms with Crippen molar-refractivity contribution in [3.05, 3.63) is 53.6 Å². The molecule has 0 aliphatic heterocycles. The van der Waals surface area contributed by atoms with Crippen molar-refractivity contribution in [2.45, 2.75) is 13.3 Å². The molecule has 0 spiro atoms. The number of methoxy groups -OCH3 is 2. The van der Waals surface area contributed by atoms with E-state index in [1.54, 1.807) is 26.2 Å². The van der Waals surface area contributed by atoms with E-state index in [4.69, 9.17) is 9.47 Å². The van der Waals surface area contributed by atoms with Crippen LogP contribution in [0.1, 0.15) is 11.1 Å². The maximum Gasteiger partial charge on any atom is 0.238 e. The average molecular weight is 399 g/mol. The summed E-state index contributed by atoms with van der Waals surface area (Å²) in [6, 6.07) is 13.3. The van der Waals surface area contributed by atoms with Crippen LogP contribution in [0.2, 0.25) is 0 Å². The average Bonchev–Trinajstić information content (AvgIpc) is 2.69. The summed E-state index contributed by atoms with van der Waals surface area (Å²) in [6.45, 7) is 2.77. The molecule has 2 aromatic rings. The number of hydrogen-bond acceptors (Lipinski definition) is 5. The molecular formula is C22H29N3O4. The van der Waals surface area contributed by atoms with Gasteiger partial charge in [-0.05, 0) is 50.2 Å². The molecule has 0 unspecified atom stereocenters. The highest BCUT2D eigenvalue weighted by atomic mass is 16.5. The van der Waals surface area contributed by atoms with Crippen molar-refractivity contribution in [1.82, 2.24) is 10.2 Å². The summed E-state index contributed by atoms with van der Waals surface area (Å²) in [7, 11) is 4.92. The Hall–Kier alpha value is -3.06. The van der Waals surface area contributed by atoms with Crippen molar-refractivity contribution >= 4 is 17.5 Å². The molecular weight excluding hydrogens is 370 g/mol. The van der Waals surface area contributed by atoms with E-state index >= 15 is 0 Å². The van der Waals surface area contributed by atoms with Crippen molar-refractivity contribution in [3.63, 3.8) is 0 Å². The van der Waals surface area contributed by atoms with Gasteiger partial charge in [-0.15, -0.1) is 0 Å². The number of carbonyl (C=O) groups is 2. The maximum absolute atomic E-state index is 12.1. The number of amides is 2. The van der Waals surface area contributed by atoms with Crippen LogP contribution in [0.5, 0.6) is 11.5 Å². The van der Waals surface area contributed by atoms with E-state index in [0.29, 0.717) is 24.5 Å². The van der Waals surface area contributed by atoms with Gasteiger partial charge in [-0.1, -0.05) is 23.8 Å². The van der Waals surface area contributed by atoms with Crippen LogP contribution in [-0.4, -0.2) is 57.6 Å². The van der Waals surface area contributed by atoms with Gasteiger partial charge < -0.3 is 20.1 Å². The zero-order valence-electron chi connectivity index (χ0n) is 17.5. The van der Waals surface area contributed by atoms with Gasteiger partial charge in [0, 0.05) is 12.2 Å². The Labute approximate surface area is 172 Å². The van der Waals surface area contributed by atoms with Gasteiger partial charge in [0.1, 0.15) is 0 Å². The van der Waals surface area contributed by atoms with Crippen LogP contribution in [0.25, 0.3) is 0 Å². The second-order valence-corrected chi connectivity index (χ2v) is 6.88. The minimum absolute atomic E-state index is 0.129. The van der Waals surface area contributed by atoms with E-state index in [-0.39, 0.29) is 24.9 Å². The molecule has 0 fully saturated rings. The van der Waals surface area contributed by atoms with E-state index in [2.05, 4.69) is 10.6 Å². The summed E-state index contributed by atoms with van der Waals surface area (Å²) in [5, 5.41) is 5.70. The SMILES string of the molecule is COc1ccc(CCNC(=O)CN(C)CC(=O)Nc2ccc(C)cc2)cc1OC. The molecule has 0 aromatic heterocycles. The molecule has 7 nitrogen and oxygen atoms in total. The minimum atomic E-state index is -0.158. The molecule has 2 N–H and O–H groups in total. The fourth-order valence-electron chi connectivity index (χ4n) is 2.82. The van der Waals surface area contributed by atoms with Crippen molar-refractivity contribution in [2.24, 2.45) is 0 Å². The van der Waals surface area contributed by atoms with E-state index in [0.717, 1.165) is 16.8 Å². The molecule has 2 aromatic carbocycles. The van der Waals surface area contributed by atoms with Crippen molar-refractivity contribution < 1.29 is 19.1 Å². The Bertz CT molecular complexity index is 821. The lowest BCUT2D eigenvalue weighted by Gasteiger charge is -2.16. The topological polar surface area (TPSA) is 79.9 Å². The lowest BCUT2D eigenvalue weighted by molar-refractivity contribution is -0.122.